The SMILES string of the molecule is CCOc1cc(NC2(CCl)CC2)nc(C)n1. The number of hydrogen-bond acceptors (Lipinski definition) is 4. The van der Waals surface area contributed by atoms with Crippen molar-refractivity contribution in [1.29, 1.82) is 0 Å². The van der Waals surface area contributed by atoms with Gasteiger partial charge in [-0.25, -0.2) is 4.98 Å². The van der Waals surface area contributed by atoms with E-state index in [1.54, 1.807) is 0 Å². The average molecular weight is 242 g/mol. The van der Waals surface area contributed by atoms with E-state index in [1.807, 2.05) is 19.9 Å². The van der Waals surface area contributed by atoms with Crippen molar-refractivity contribution in [2.75, 3.05) is 17.8 Å². The number of hydrogen-bond donors (Lipinski definition) is 1. The molecule has 5 heteroatoms. The number of alkyl halides is 1. The predicted molar refractivity (Wildman–Crippen MR) is 64.2 cm³/mol. The largest absolute Gasteiger partial charge is 0.478 e. The first-order valence-electron chi connectivity index (χ1n) is 5.50. The number of halogens is 1. The summed E-state index contributed by atoms with van der Waals surface area (Å²) < 4.78 is 5.37. The first-order chi connectivity index (χ1) is 7.67. The maximum atomic E-state index is 5.91. The van der Waals surface area contributed by atoms with Crippen molar-refractivity contribution in [3.05, 3.63) is 11.9 Å². The van der Waals surface area contributed by atoms with Crippen LogP contribution < -0.4 is 10.1 Å². The third-order valence-corrected chi connectivity index (χ3v) is 3.12. The highest BCUT2D eigenvalue weighted by molar-refractivity contribution is 6.19. The van der Waals surface area contributed by atoms with Crippen LogP contribution in [0.15, 0.2) is 6.07 Å². The standard InChI is InChI=1S/C11H16ClN3O/c1-3-16-10-6-9(13-8(2)14-10)15-11(7-12)4-5-11/h6H,3-5,7H2,1-2H3,(H,13,14,15). The highest BCUT2D eigenvalue weighted by atomic mass is 35.5. The molecule has 0 aliphatic heterocycles. The molecule has 16 heavy (non-hydrogen) atoms. The van der Waals surface area contributed by atoms with Gasteiger partial charge in [0.15, 0.2) is 0 Å². The van der Waals surface area contributed by atoms with Gasteiger partial charge in [0.1, 0.15) is 11.6 Å². The van der Waals surface area contributed by atoms with E-state index in [9.17, 15) is 0 Å². The smallest absolute Gasteiger partial charge is 0.218 e. The van der Waals surface area contributed by atoms with E-state index in [2.05, 4.69) is 15.3 Å². The Balaban J connectivity index is 2.14. The van der Waals surface area contributed by atoms with Gasteiger partial charge < -0.3 is 10.1 Å². The molecular formula is C11H16ClN3O. The van der Waals surface area contributed by atoms with Crippen LogP contribution in [0, 0.1) is 6.92 Å². The van der Waals surface area contributed by atoms with E-state index in [4.69, 9.17) is 16.3 Å². The van der Waals surface area contributed by atoms with Crippen molar-refractivity contribution in [2.24, 2.45) is 0 Å². The fraction of sp³-hybridized carbons (Fsp3) is 0.636. The lowest BCUT2D eigenvalue weighted by molar-refractivity contribution is 0.325. The quantitative estimate of drug-likeness (QED) is 0.804. The number of ether oxygens (including phenoxy) is 1. The topological polar surface area (TPSA) is 47.0 Å². The van der Waals surface area contributed by atoms with Gasteiger partial charge in [0, 0.05) is 11.9 Å². The molecule has 0 radical (unpaired) electrons. The summed E-state index contributed by atoms with van der Waals surface area (Å²) in [5.41, 5.74) is 0.0475. The van der Waals surface area contributed by atoms with Crippen LogP contribution in [0.5, 0.6) is 5.88 Å². The fourth-order valence-electron chi connectivity index (χ4n) is 1.54. The molecule has 1 aliphatic rings. The molecule has 0 amide bonds. The lowest BCUT2D eigenvalue weighted by Crippen LogP contribution is -2.23. The summed E-state index contributed by atoms with van der Waals surface area (Å²) in [5.74, 6) is 2.73. The second kappa shape index (κ2) is 4.45. The molecular weight excluding hydrogens is 226 g/mol. The molecule has 0 spiro atoms. The molecule has 88 valence electrons. The summed E-state index contributed by atoms with van der Waals surface area (Å²) in [6.45, 7) is 4.40. The highest BCUT2D eigenvalue weighted by Crippen LogP contribution is 2.39. The molecule has 1 aromatic rings. The van der Waals surface area contributed by atoms with Gasteiger partial charge in [-0.05, 0) is 26.7 Å². The summed E-state index contributed by atoms with van der Waals surface area (Å²) in [5, 5.41) is 3.36. The van der Waals surface area contributed by atoms with E-state index in [0.29, 0.717) is 24.2 Å². The number of aryl methyl sites for hydroxylation is 1. The van der Waals surface area contributed by atoms with Crippen molar-refractivity contribution >= 4 is 17.4 Å². The summed E-state index contributed by atoms with van der Waals surface area (Å²) in [6.07, 6.45) is 2.20. The van der Waals surface area contributed by atoms with Crippen molar-refractivity contribution in [1.82, 2.24) is 9.97 Å². The van der Waals surface area contributed by atoms with E-state index < -0.39 is 0 Å². The lowest BCUT2D eigenvalue weighted by atomic mass is 10.3. The van der Waals surface area contributed by atoms with Gasteiger partial charge in [0.2, 0.25) is 5.88 Å². The molecule has 1 saturated carbocycles. The molecule has 0 bridgehead atoms. The van der Waals surface area contributed by atoms with Gasteiger partial charge in [-0.1, -0.05) is 0 Å². The number of rotatable bonds is 5. The van der Waals surface area contributed by atoms with Crippen LogP contribution in [0.2, 0.25) is 0 Å². The Morgan fingerprint density at radius 2 is 2.25 bits per heavy atom. The molecule has 1 heterocycles. The third-order valence-electron chi connectivity index (χ3n) is 2.61. The van der Waals surface area contributed by atoms with E-state index in [-0.39, 0.29) is 5.54 Å². The first kappa shape index (κ1) is 11.5. The Hall–Kier alpha value is -1.03. The lowest BCUT2D eigenvalue weighted by Gasteiger charge is -2.15. The van der Waals surface area contributed by atoms with Crippen molar-refractivity contribution < 1.29 is 4.74 Å². The number of nitrogens with zero attached hydrogens (tertiary/aromatic N) is 2. The zero-order chi connectivity index (χ0) is 11.6. The molecule has 1 aliphatic carbocycles. The van der Waals surface area contributed by atoms with Crippen LogP contribution in [0.3, 0.4) is 0 Å². The van der Waals surface area contributed by atoms with Gasteiger partial charge in [-0.15, -0.1) is 11.6 Å². The Kier molecular flexibility index (Phi) is 3.19. The van der Waals surface area contributed by atoms with Gasteiger partial charge in [0.05, 0.1) is 12.1 Å². The second-order valence-electron chi connectivity index (χ2n) is 4.11. The van der Waals surface area contributed by atoms with Crippen molar-refractivity contribution in [3.63, 3.8) is 0 Å². The third kappa shape index (κ3) is 2.55. The maximum Gasteiger partial charge on any atom is 0.218 e. The first-order valence-corrected chi connectivity index (χ1v) is 6.03. The van der Waals surface area contributed by atoms with Crippen LogP contribution >= 0.6 is 11.6 Å². The van der Waals surface area contributed by atoms with Gasteiger partial charge in [0.25, 0.3) is 0 Å². The minimum absolute atomic E-state index is 0.0475. The Bertz CT molecular complexity index is 379. The minimum Gasteiger partial charge on any atom is -0.478 e. The zero-order valence-electron chi connectivity index (χ0n) is 9.59. The Morgan fingerprint density at radius 1 is 1.50 bits per heavy atom. The van der Waals surface area contributed by atoms with Gasteiger partial charge >= 0.3 is 0 Å². The van der Waals surface area contributed by atoms with E-state index >= 15 is 0 Å². The molecule has 0 unspecified atom stereocenters. The van der Waals surface area contributed by atoms with Crippen LogP contribution in [-0.4, -0.2) is 28.0 Å². The summed E-state index contributed by atoms with van der Waals surface area (Å²) in [7, 11) is 0. The van der Waals surface area contributed by atoms with E-state index in [0.717, 1.165) is 18.7 Å². The molecule has 1 N–H and O–H groups in total. The Labute approximate surface area is 100 Å². The monoisotopic (exact) mass is 241 g/mol. The number of anilines is 1. The fourth-order valence-corrected chi connectivity index (χ4v) is 1.87. The van der Waals surface area contributed by atoms with Gasteiger partial charge in [-0.2, -0.15) is 4.98 Å². The summed E-state index contributed by atoms with van der Waals surface area (Å²) in [6, 6.07) is 1.82. The normalized spacial score (nSPS) is 16.9. The van der Waals surface area contributed by atoms with Crippen LogP contribution in [-0.2, 0) is 0 Å². The molecule has 4 nitrogen and oxygen atoms in total. The summed E-state index contributed by atoms with van der Waals surface area (Å²) in [4.78, 5) is 8.52. The molecule has 0 atom stereocenters. The van der Waals surface area contributed by atoms with Crippen molar-refractivity contribution in [2.45, 2.75) is 32.2 Å². The minimum atomic E-state index is 0.0475. The van der Waals surface area contributed by atoms with Crippen LogP contribution in [0.25, 0.3) is 0 Å². The molecule has 0 saturated heterocycles. The maximum absolute atomic E-state index is 5.91. The molecule has 2 rings (SSSR count). The van der Waals surface area contributed by atoms with Crippen molar-refractivity contribution in [3.8, 4) is 5.88 Å². The Morgan fingerprint density at radius 3 is 2.81 bits per heavy atom. The van der Waals surface area contributed by atoms with Gasteiger partial charge in [-0.3, -0.25) is 0 Å². The second-order valence-corrected chi connectivity index (χ2v) is 4.38. The highest BCUT2D eigenvalue weighted by Gasteiger charge is 2.42. The molecule has 1 aromatic heterocycles. The predicted octanol–water partition coefficient (Wildman–Crippen LogP) is 2.37. The molecule has 1 fully saturated rings. The van der Waals surface area contributed by atoms with E-state index in [1.165, 1.54) is 0 Å². The molecule has 0 aromatic carbocycles. The average Bonchev–Trinajstić information content (AvgIpc) is 2.98. The zero-order valence-corrected chi connectivity index (χ0v) is 10.3. The summed E-state index contributed by atoms with van der Waals surface area (Å²) >= 11 is 5.91. The number of aromatic nitrogens is 2. The number of nitrogens with one attached hydrogen (secondary N) is 1. The van der Waals surface area contributed by atoms with Crippen LogP contribution in [0.1, 0.15) is 25.6 Å². The van der Waals surface area contributed by atoms with Crippen LogP contribution in [0.4, 0.5) is 5.82 Å².